The molecule has 1 atom stereocenters. The van der Waals surface area contributed by atoms with Crippen LogP contribution in [0.3, 0.4) is 0 Å². The summed E-state index contributed by atoms with van der Waals surface area (Å²) in [6.07, 6.45) is -0.843. The zero-order chi connectivity index (χ0) is 20.6. The Morgan fingerprint density at radius 2 is 1.86 bits per heavy atom. The van der Waals surface area contributed by atoms with E-state index < -0.39 is 12.2 Å². The monoisotopic (exact) mass is 385 g/mol. The van der Waals surface area contributed by atoms with Gasteiger partial charge in [0.15, 0.2) is 11.5 Å². The number of carbonyl (C=O) groups excluding carboxylic acids is 3. The van der Waals surface area contributed by atoms with Gasteiger partial charge in [-0.2, -0.15) is 0 Å². The van der Waals surface area contributed by atoms with Crippen molar-refractivity contribution in [3.63, 3.8) is 0 Å². The maximum Gasteiger partial charge on any atom is 0.414 e. The largest absolute Gasteiger partial charge is 0.442 e. The van der Waals surface area contributed by atoms with E-state index >= 15 is 0 Å². The van der Waals surface area contributed by atoms with Gasteiger partial charge < -0.3 is 10.1 Å². The first-order valence-corrected chi connectivity index (χ1v) is 8.96. The van der Waals surface area contributed by atoms with Gasteiger partial charge in [0.05, 0.1) is 24.5 Å². The van der Waals surface area contributed by atoms with E-state index in [4.69, 9.17) is 4.74 Å². The molecule has 0 aliphatic carbocycles. The number of hydrogen-bond acceptors (Lipinski definition) is 6. The van der Waals surface area contributed by atoms with Gasteiger partial charge in [0.1, 0.15) is 6.10 Å². The molecule has 0 bridgehead atoms. The molecule has 0 saturated carbocycles. The van der Waals surface area contributed by atoms with Crippen LogP contribution in [0.5, 0.6) is 0 Å². The van der Waals surface area contributed by atoms with Crippen LogP contribution in [0.25, 0.3) is 5.69 Å². The Morgan fingerprint density at radius 3 is 2.39 bits per heavy atom. The van der Waals surface area contributed by atoms with Crippen LogP contribution >= 0.6 is 0 Å². The molecule has 28 heavy (non-hydrogen) atoms. The molecule has 1 fully saturated rings. The van der Waals surface area contributed by atoms with Crippen molar-refractivity contribution in [3.8, 4) is 5.69 Å². The van der Waals surface area contributed by atoms with E-state index in [-0.39, 0.29) is 18.2 Å². The van der Waals surface area contributed by atoms with Crippen LogP contribution in [-0.2, 0) is 9.53 Å². The number of Topliss-reactive ketones (excluding diaryl/α,β-unsaturated/α-hetero) is 1. The number of hydrogen-bond donors (Lipinski definition) is 1. The van der Waals surface area contributed by atoms with Crippen molar-refractivity contribution in [1.29, 1.82) is 0 Å². The molecule has 1 aromatic heterocycles. The molecule has 1 N–H and O–H groups in total. The number of aryl methyl sites for hydroxylation is 2. The van der Waals surface area contributed by atoms with Gasteiger partial charge in [0, 0.05) is 19.5 Å². The minimum absolute atomic E-state index is 0.138. The van der Waals surface area contributed by atoms with Crippen molar-refractivity contribution >= 4 is 23.5 Å². The van der Waals surface area contributed by atoms with E-state index in [0.717, 1.165) is 16.8 Å². The molecule has 3 rings (SSSR count). The zero-order valence-electron chi connectivity index (χ0n) is 16.6. The SMILES string of the molecule is CC(=O)NC[C@H]1CN(c2cc(C)c(-n3nnc(C(C)=O)c3C)c(C)c2)C(=O)O1. The van der Waals surface area contributed by atoms with Crippen molar-refractivity contribution in [3.05, 3.63) is 34.6 Å². The normalized spacial score (nSPS) is 16.2. The summed E-state index contributed by atoms with van der Waals surface area (Å²) in [7, 11) is 0. The van der Waals surface area contributed by atoms with E-state index in [1.165, 1.54) is 13.8 Å². The summed E-state index contributed by atoms with van der Waals surface area (Å²) in [6, 6.07) is 3.75. The van der Waals surface area contributed by atoms with Gasteiger partial charge in [0.2, 0.25) is 5.91 Å². The van der Waals surface area contributed by atoms with Gasteiger partial charge in [-0.05, 0) is 44.0 Å². The number of benzene rings is 1. The summed E-state index contributed by atoms with van der Waals surface area (Å²) in [4.78, 5) is 36.6. The number of ether oxygens (including phenoxy) is 1. The van der Waals surface area contributed by atoms with Crippen molar-refractivity contribution in [1.82, 2.24) is 20.3 Å². The van der Waals surface area contributed by atoms with Gasteiger partial charge in [-0.1, -0.05) is 5.21 Å². The highest BCUT2D eigenvalue weighted by molar-refractivity contribution is 5.93. The fourth-order valence-electron chi connectivity index (χ4n) is 3.39. The number of nitrogens with zero attached hydrogens (tertiary/aromatic N) is 4. The second kappa shape index (κ2) is 7.41. The standard InChI is InChI=1S/C19H23N5O4/c1-10-6-15(23-9-16(28-19(23)27)8-20-14(5)26)7-11(2)18(10)24-12(3)17(13(4)25)21-22-24/h6-7,16H,8-9H2,1-5H3,(H,20,26)/t16-/m0/s1. The van der Waals surface area contributed by atoms with E-state index in [1.54, 1.807) is 16.5 Å². The molecular weight excluding hydrogens is 362 g/mol. The summed E-state index contributed by atoms with van der Waals surface area (Å²) in [5, 5.41) is 10.8. The first kappa shape index (κ1) is 19.5. The molecule has 0 unspecified atom stereocenters. The van der Waals surface area contributed by atoms with Gasteiger partial charge in [0.25, 0.3) is 0 Å². The summed E-state index contributed by atoms with van der Waals surface area (Å²) >= 11 is 0. The number of cyclic esters (lactones) is 1. The van der Waals surface area contributed by atoms with Crippen LogP contribution in [-0.4, -0.2) is 52.0 Å². The lowest BCUT2D eigenvalue weighted by Crippen LogP contribution is -2.33. The second-order valence-corrected chi connectivity index (χ2v) is 6.97. The third-order valence-electron chi connectivity index (χ3n) is 4.68. The third-order valence-corrected chi connectivity index (χ3v) is 4.68. The Bertz CT molecular complexity index is 942. The van der Waals surface area contributed by atoms with Crippen molar-refractivity contribution < 1.29 is 19.1 Å². The molecule has 1 saturated heterocycles. The van der Waals surface area contributed by atoms with Crippen LogP contribution in [0.2, 0.25) is 0 Å². The summed E-state index contributed by atoms with van der Waals surface area (Å²) in [6.45, 7) is 9.14. The van der Waals surface area contributed by atoms with E-state index in [9.17, 15) is 14.4 Å². The maximum atomic E-state index is 12.3. The highest BCUT2D eigenvalue weighted by atomic mass is 16.6. The first-order valence-electron chi connectivity index (χ1n) is 8.96. The van der Waals surface area contributed by atoms with Gasteiger partial charge in [-0.15, -0.1) is 5.10 Å². The van der Waals surface area contributed by atoms with Gasteiger partial charge >= 0.3 is 6.09 Å². The van der Waals surface area contributed by atoms with E-state index in [2.05, 4.69) is 15.6 Å². The summed E-state index contributed by atoms with van der Waals surface area (Å²) < 4.78 is 6.98. The number of carbonyl (C=O) groups is 3. The van der Waals surface area contributed by atoms with E-state index in [1.807, 2.05) is 26.0 Å². The smallest absolute Gasteiger partial charge is 0.414 e. The Hall–Kier alpha value is -3.23. The molecule has 0 radical (unpaired) electrons. The predicted molar refractivity (Wildman–Crippen MR) is 102 cm³/mol. The van der Waals surface area contributed by atoms with Gasteiger partial charge in [-0.25, -0.2) is 9.48 Å². The summed E-state index contributed by atoms with van der Waals surface area (Å²) in [5.41, 5.74) is 4.31. The number of nitrogens with one attached hydrogen (secondary N) is 1. The number of rotatable bonds is 5. The van der Waals surface area contributed by atoms with Crippen LogP contribution in [0.15, 0.2) is 12.1 Å². The average Bonchev–Trinajstić information content (AvgIpc) is 3.16. The van der Waals surface area contributed by atoms with Gasteiger partial charge in [-0.3, -0.25) is 14.5 Å². The fraction of sp³-hybridized carbons (Fsp3) is 0.421. The lowest BCUT2D eigenvalue weighted by atomic mass is 10.1. The highest BCUT2D eigenvalue weighted by Crippen LogP contribution is 2.29. The number of ketones is 1. The molecule has 1 aliphatic rings. The van der Waals surface area contributed by atoms with Crippen molar-refractivity contribution in [2.75, 3.05) is 18.0 Å². The topological polar surface area (TPSA) is 106 Å². The lowest BCUT2D eigenvalue weighted by Gasteiger charge is -2.18. The molecule has 1 aliphatic heterocycles. The number of anilines is 1. The van der Waals surface area contributed by atoms with Crippen LogP contribution in [0, 0.1) is 20.8 Å². The molecule has 1 aromatic carbocycles. The Labute approximate surface area is 162 Å². The first-order chi connectivity index (χ1) is 13.2. The molecule has 2 amide bonds. The van der Waals surface area contributed by atoms with Crippen molar-refractivity contribution in [2.24, 2.45) is 0 Å². The molecular formula is C19H23N5O4. The molecule has 2 heterocycles. The fourth-order valence-corrected chi connectivity index (χ4v) is 3.39. The van der Waals surface area contributed by atoms with Crippen LogP contribution in [0.1, 0.15) is 41.2 Å². The molecule has 9 nitrogen and oxygen atoms in total. The quantitative estimate of drug-likeness (QED) is 0.788. The number of amides is 2. The molecule has 148 valence electrons. The molecule has 2 aromatic rings. The van der Waals surface area contributed by atoms with Crippen LogP contribution in [0.4, 0.5) is 10.5 Å². The third kappa shape index (κ3) is 3.60. The van der Waals surface area contributed by atoms with Crippen LogP contribution < -0.4 is 10.2 Å². The molecule has 0 spiro atoms. The second-order valence-electron chi connectivity index (χ2n) is 6.97. The Kier molecular flexibility index (Phi) is 5.17. The highest BCUT2D eigenvalue weighted by Gasteiger charge is 2.33. The van der Waals surface area contributed by atoms with E-state index in [0.29, 0.717) is 23.6 Å². The predicted octanol–water partition coefficient (Wildman–Crippen LogP) is 1.86. The zero-order valence-corrected chi connectivity index (χ0v) is 16.6. The molecule has 9 heteroatoms. The summed E-state index contributed by atoms with van der Waals surface area (Å²) in [5.74, 6) is -0.306. The average molecular weight is 385 g/mol. The lowest BCUT2D eigenvalue weighted by molar-refractivity contribution is -0.119. The minimum atomic E-state index is -0.447. The Balaban J connectivity index is 1.90. The number of aromatic nitrogens is 3. The minimum Gasteiger partial charge on any atom is -0.442 e. The van der Waals surface area contributed by atoms with Crippen molar-refractivity contribution in [2.45, 2.75) is 40.7 Å². The maximum absolute atomic E-state index is 12.3. The Morgan fingerprint density at radius 1 is 1.21 bits per heavy atom.